The average Bonchev–Trinajstić information content (AvgIpc) is 2.81. The molecule has 0 aliphatic carbocycles. The Balaban J connectivity index is 1.78. The van der Waals surface area contributed by atoms with Gasteiger partial charge >= 0.3 is 6.03 Å². The zero-order chi connectivity index (χ0) is 23.1. The standard InChI is InChI=1S/C23H31N3O5S/c1-4-31-22-13-12-20(32(28,29)26-14-6-5-7-15-26)16-21(22)24-23(27)25(2)17-18-8-10-19(30-3)11-9-18/h8-13,16H,4-7,14-15,17H2,1-3H3,(H,24,27). The Morgan fingerprint density at radius 2 is 1.78 bits per heavy atom. The summed E-state index contributed by atoms with van der Waals surface area (Å²) in [6.07, 6.45) is 2.75. The van der Waals surface area contributed by atoms with Gasteiger partial charge in [-0.25, -0.2) is 13.2 Å². The highest BCUT2D eigenvalue weighted by Crippen LogP contribution is 2.30. The van der Waals surface area contributed by atoms with Gasteiger partial charge in [-0.1, -0.05) is 18.6 Å². The van der Waals surface area contributed by atoms with Crippen LogP contribution in [0.1, 0.15) is 31.7 Å². The summed E-state index contributed by atoms with van der Waals surface area (Å²) in [4.78, 5) is 14.5. The number of urea groups is 1. The van der Waals surface area contributed by atoms with Gasteiger partial charge in [-0.2, -0.15) is 4.31 Å². The number of amides is 2. The number of rotatable bonds is 8. The van der Waals surface area contributed by atoms with Gasteiger partial charge in [0.1, 0.15) is 11.5 Å². The molecule has 0 atom stereocenters. The van der Waals surface area contributed by atoms with Crippen molar-refractivity contribution in [3.8, 4) is 11.5 Å². The summed E-state index contributed by atoms with van der Waals surface area (Å²) in [6, 6.07) is 11.7. The van der Waals surface area contributed by atoms with Crippen LogP contribution in [0.15, 0.2) is 47.4 Å². The number of ether oxygens (including phenoxy) is 2. The van der Waals surface area contributed by atoms with Gasteiger partial charge in [-0.3, -0.25) is 0 Å². The average molecular weight is 462 g/mol. The summed E-state index contributed by atoms with van der Waals surface area (Å²) in [7, 11) is -0.350. The van der Waals surface area contributed by atoms with Crippen LogP contribution in [0.5, 0.6) is 11.5 Å². The molecule has 1 aliphatic heterocycles. The van der Waals surface area contributed by atoms with E-state index in [0.717, 1.165) is 30.6 Å². The highest BCUT2D eigenvalue weighted by atomic mass is 32.2. The lowest BCUT2D eigenvalue weighted by Gasteiger charge is -2.26. The molecule has 1 aliphatic rings. The molecule has 0 spiro atoms. The smallest absolute Gasteiger partial charge is 0.321 e. The Labute approximate surface area is 190 Å². The van der Waals surface area contributed by atoms with Crippen molar-refractivity contribution in [1.82, 2.24) is 9.21 Å². The normalized spacial score (nSPS) is 14.6. The van der Waals surface area contributed by atoms with Crippen molar-refractivity contribution in [3.63, 3.8) is 0 Å². The molecule has 0 aromatic heterocycles. The molecule has 32 heavy (non-hydrogen) atoms. The Kier molecular flexibility index (Phi) is 7.98. The first-order chi connectivity index (χ1) is 15.3. The fourth-order valence-corrected chi connectivity index (χ4v) is 5.13. The van der Waals surface area contributed by atoms with E-state index < -0.39 is 10.0 Å². The van der Waals surface area contributed by atoms with Crippen LogP contribution in [0.3, 0.4) is 0 Å². The lowest BCUT2D eigenvalue weighted by molar-refractivity contribution is 0.220. The molecule has 3 rings (SSSR count). The molecular formula is C23H31N3O5S. The molecule has 0 saturated carbocycles. The third-order valence-corrected chi connectivity index (χ3v) is 7.27. The number of nitrogens with zero attached hydrogens (tertiary/aromatic N) is 2. The molecule has 1 fully saturated rings. The molecule has 2 aromatic carbocycles. The van der Waals surface area contributed by atoms with Gasteiger partial charge in [0.05, 0.1) is 24.3 Å². The first-order valence-corrected chi connectivity index (χ1v) is 12.2. The molecule has 0 bridgehead atoms. The minimum absolute atomic E-state index is 0.149. The number of benzene rings is 2. The second kappa shape index (κ2) is 10.7. The number of carbonyl (C=O) groups is 1. The number of nitrogens with one attached hydrogen (secondary N) is 1. The van der Waals surface area contributed by atoms with Crippen molar-refractivity contribution >= 4 is 21.7 Å². The van der Waals surface area contributed by atoms with Crippen molar-refractivity contribution in [3.05, 3.63) is 48.0 Å². The predicted octanol–water partition coefficient (Wildman–Crippen LogP) is 3.93. The lowest BCUT2D eigenvalue weighted by atomic mass is 10.2. The SMILES string of the molecule is CCOc1ccc(S(=O)(=O)N2CCCCC2)cc1NC(=O)N(C)Cc1ccc(OC)cc1. The number of sulfonamides is 1. The fraction of sp³-hybridized carbons (Fsp3) is 0.435. The Morgan fingerprint density at radius 1 is 1.09 bits per heavy atom. The predicted molar refractivity (Wildman–Crippen MR) is 124 cm³/mol. The van der Waals surface area contributed by atoms with Crippen molar-refractivity contribution in [2.75, 3.05) is 39.2 Å². The van der Waals surface area contributed by atoms with Gasteiger partial charge in [-0.05, 0) is 55.7 Å². The second-order valence-electron chi connectivity index (χ2n) is 7.69. The van der Waals surface area contributed by atoms with E-state index in [0.29, 0.717) is 37.7 Å². The summed E-state index contributed by atoms with van der Waals surface area (Å²) < 4.78 is 38.4. The van der Waals surface area contributed by atoms with Crippen LogP contribution in [0.4, 0.5) is 10.5 Å². The topological polar surface area (TPSA) is 88.2 Å². The van der Waals surface area contributed by atoms with E-state index in [-0.39, 0.29) is 10.9 Å². The second-order valence-corrected chi connectivity index (χ2v) is 9.63. The maximum absolute atomic E-state index is 13.1. The number of piperidine rings is 1. The number of methoxy groups -OCH3 is 1. The van der Waals surface area contributed by atoms with Crippen LogP contribution < -0.4 is 14.8 Å². The van der Waals surface area contributed by atoms with Crippen LogP contribution >= 0.6 is 0 Å². The third-order valence-electron chi connectivity index (χ3n) is 5.37. The van der Waals surface area contributed by atoms with Gasteiger partial charge < -0.3 is 19.7 Å². The van der Waals surface area contributed by atoms with E-state index in [9.17, 15) is 13.2 Å². The van der Waals surface area contributed by atoms with Crippen molar-refractivity contribution in [1.29, 1.82) is 0 Å². The van der Waals surface area contributed by atoms with E-state index >= 15 is 0 Å². The maximum atomic E-state index is 13.1. The Hall–Kier alpha value is -2.78. The summed E-state index contributed by atoms with van der Waals surface area (Å²) in [5.74, 6) is 1.17. The van der Waals surface area contributed by atoms with Crippen LogP contribution in [0.25, 0.3) is 0 Å². The monoisotopic (exact) mass is 461 g/mol. The molecule has 9 heteroatoms. The zero-order valence-electron chi connectivity index (χ0n) is 18.8. The van der Waals surface area contributed by atoms with Crippen molar-refractivity contribution in [2.24, 2.45) is 0 Å². The molecular weight excluding hydrogens is 430 g/mol. The van der Waals surface area contributed by atoms with E-state index in [4.69, 9.17) is 9.47 Å². The number of hydrogen-bond acceptors (Lipinski definition) is 5. The number of anilines is 1. The Morgan fingerprint density at radius 3 is 2.41 bits per heavy atom. The van der Waals surface area contributed by atoms with Gasteiger partial charge in [0.25, 0.3) is 0 Å². The molecule has 0 radical (unpaired) electrons. The number of hydrogen-bond donors (Lipinski definition) is 1. The first kappa shape index (κ1) is 23.9. The van der Waals surface area contributed by atoms with Crippen LogP contribution in [0, 0.1) is 0 Å². The highest BCUT2D eigenvalue weighted by molar-refractivity contribution is 7.89. The molecule has 1 heterocycles. The molecule has 8 nitrogen and oxygen atoms in total. The fourth-order valence-electron chi connectivity index (χ4n) is 3.59. The van der Waals surface area contributed by atoms with Crippen LogP contribution in [-0.4, -0.2) is 57.5 Å². The van der Waals surface area contributed by atoms with Crippen molar-refractivity contribution < 1.29 is 22.7 Å². The largest absolute Gasteiger partial charge is 0.497 e. The van der Waals surface area contributed by atoms with E-state index in [1.54, 1.807) is 20.2 Å². The minimum atomic E-state index is -3.63. The lowest BCUT2D eigenvalue weighted by Crippen LogP contribution is -2.35. The van der Waals surface area contributed by atoms with E-state index in [2.05, 4.69) is 5.32 Å². The van der Waals surface area contributed by atoms with Crippen molar-refractivity contribution in [2.45, 2.75) is 37.6 Å². The molecule has 2 aromatic rings. The van der Waals surface area contributed by atoms with Crippen LogP contribution in [0.2, 0.25) is 0 Å². The van der Waals surface area contributed by atoms with Gasteiger partial charge in [0, 0.05) is 26.7 Å². The summed E-state index contributed by atoms with van der Waals surface area (Å²) >= 11 is 0. The van der Waals surface area contributed by atoms with Gasteiger partial charge in [0.2, 0.25) is 10.0 Å². The zero-order valence-corrected chi connectivity index (χ0v) is 19.7. The molecule has 174 valence electrons. The minimum Gasteiger partial charge on any atom is -0.497 e. The molecule has 2 amide bonds. The van der Waals surface area contributed by atoms with Crippen LogP contribution in [-0.2, 0) is 16.6 Å². The van der Waals surface area contributed by atoms with E-state index in [1.807, 2.05) is 31.2 Å². The summed E-state index contributed by atoms with van der Waals surface area (Å²) in [5, 5.41) is 2.81. The molecule has 0 unspecified atom stereocenters. The third kappa shape index (κ3) is 5.72. The summed E-state index contributed by atoms with van der Waals surface area (Å²) in [5.41, 5.74) is 1.27. The number of carbonyl (C=O) groups excluding carboxylic acids is 1. The Bertz CT molecular complexity index is 1020. The maximum Gasteiger partial charge on any atom is 0.321 e. The summed E-state index contributed by atoms with van der Waals surface area (Å²) in [6.45, 7) is 3.64. The van der Waals surface area contributed by atoms with E-state index in [1.165, 1.54) is 21.3 Å². The molecule has 1 saturated heterocycles. The quantitative estimate of drug-likeness (QED) is 0.644. The van der Waals surface area contributed by atoms with Gasteiger partial charge in [-0.15, -0.1) is 0 Å². The molecule has 1 N–H and O–H groups in total. The van der Waals surface area contributed by atoms with Gasteiger partial charge in [0.15, 0.2) is 0 Å². The highest BCUT2D eigenvalue weighted by Gasteiger charge is 2.27. The first-order valence-electron chi connectivity index (χ1n) is 10.8.